The third-order valence-electron chi connectivity index (χ3n) is 3.24. The predicted octanol–water partition coefficient (Wildman–Crippen LogP) is 2.91. The summed E-state index contributed by atoms with van der Waals surface area (Å²) in [5.41, 5.74) is 0.888. The second-order valence-corrected chi connectivity index (χ2v) is 5.03. The number of halogens is 1. The summed E-state index contributed by atoms with van der Waals surface area (Å²) < 4.78 is 0. The van der Waals surface area contributed by atoms with Crippen LogP contribution >= 0.6 is 11.6 Å². The van der Waals surface area contributed by atoms with Gasteiger partial charge in [0.1, 0.15) is 6.04 Å². The number of carboxylic acid groups (broad SMARTS) is 1. The molecule has 2 atom stereocenters. The molecule has 0 saturated heterocycles. The number of benzene rings is 1. The van der Waals surface area contributed by atoms with E-state index in [2.05, 4.69) is 5.32 Å². The zero-order valence-electron chi connectivity index (χ0n) is 11.8. The van der Waals surface area contributed by atoms with Gasteiger partial charge in [-0.1, -0.05) is 30.7 Å². The molecule has 0 saturated carbocycles. The van der Waals surface area contributed by atoms with Crippen LogP contribution in [0.2, 0.25) is 5.02 Å². The summed E-state index contributed by atoms with van der Waals surface area (Å²) >= 11 is 5.92. The highest BCUT2D eigenvalue weighted by atomic mass is 35.5. The van der Waals surface area contributed by atoms with Crippen LogP contribution in [0.15, 0.2) is 24.3 Å². The number of carbonyl (C=O) groups is 2. The minimum absolute atomic E-state index is 0.208. The van der Waals surface area contributed by atoms with Gasteiger partial charge in [-0.25, -0.2) is 9.59 Å². The topological polar surface area (TPSA) is 69.6 Å². The minimum atomic E-state index is -1.04. The maximum atomic E-state index is 12.0. The van der Waals surface area contributed by atoms with Gasteiger partial charge in [0.05, 0.1) is 6.04 Å². The molecule has 1 aromatic rings. The van der Waals surface area contributed by atoms with E-state index < -0.39 is 18.0 Å². The molecule has 6 heteroatoms. The lowest BCUT2D eigenvalue weighted by molar-refractivity contribution is -0.139. The summed E-state index contributed by atoms with van der Waals surface area (Å²) in [6.07, 6.45) is 0.334. The molecule has 2 N–H and O–H groups in total. The first kappa shape index (κ1) is 16.3. The summed E-state index contributed by atoms with van der Waals surface area (Å²) in [6.45, 7) is 3.56. The summed E-state index contributed by atoms with van der Waals surface area (Å²) in [5.74, 6) is -1.04. The molecule has 2 unspecified atom stereocenters. The van der Waals surface area contributed by atoms with Crippen LogP contribution < -0.4 is 5.32 Å². The van der Waals surface area contributed by atoms with Crippen LogP contribution in [0.25, 0.3) is 0 Å². The van der Waals surface area contributed by atoms with Crippen molar-refractivity contribution in [3.05, 3.63) is 34.9 Å². The van der Waals surface area contributed by atoms with E-state index in [-0.39, 0.29) is 6.04 Å². The Balaban J connectivity index is 2.76. The summed E-state index contributed by atoms with van der Waals surface area (Å²) in [7, 11) is 1.62. The van der Waals surface area contributed by atoms with Crippen LogP contribution in [0.4, 0.5) is 4.79 Å². The minimum Gasteiger partial charge on any atom is -0.480 e. The fraction of sp³-hybridized carbons (Fsp3) is 0.429. The van der Waals surface area contributed by atoms with Gasteiger partial charge in [-0.05, 0) is 31.0 Å². The molecule has 1 aromatic carbocycles. The van der Waals surface area contributed by atoms with Gasteiger partial charge >= 0.3 is 12.0 Å². The van der Waals surface area contributed by atoms with E-state index in [1.165, 1.54) is 4.90 Å². The van der Waals surface area contributed by atoms with Gasteiger partial charge in [0.25, 0.3) is 0 Å². The molecule has 0 bridgehead atoms. The number of nitrogens with zero attached hydrogens (tertiary/aromatic N) is 1. The molecule has 0 aromatic heterocycles. The van der Waals surface area contributed by atoms with E-state index in [1.807, 2.05) is 19.1 Å². The Morgan fingerprint density at radius 2 is 2.10 bits per heavy atom. The van der Waals surface area contributed by atoms with Crippen LogP contribution in [0, 0.1) is 0 Å². The lowest BCUT2D eigenvalue weighted by Crippen LogP contribution is -2.47. The smallest absolute Gasteiger partial charge is 0.326 e. The molecule has 0 spiro atoms. The Hall–Kier alpha value is -1.75. The normalized spacial score (nSPS) is 13.4. The van der Waals surface area contributed by atoms with E-state index in [0.717, 1.165) is 5.56 Å². The van der Waals surface area contributed by atoms with Gasteiger partial charge in [-0.2, -0.15) is 0 Å². The Labute approximate surface area is 123 Å². The molecular weight excluding hydrogens is 280 g/mol. The fourth-order valence-corrected chi connectivity index (χ4v) is 1.95. The van der Waals surface area contributed by atoms with Crippen molar-refractivity contribution in [2.75, 3.05) is 7.05 Å². The van der Waals surface area contributed by atoms with Gasteiger partial charge in [0.15, 0.2) is 0 Å². The van der Waals surface area contributed by atoms with E-state index in [4.69, 9.17) is 16.7 Å². The van der Waals surface area contributed by atoms with E-state index in [0.29, 0.717) is 11.4 Å². The van der Waals surface area contributed by atoms with Crippen LogP contribution in [0.3, 0.4) is 0 Å². The molecule has 1 rings (SSSR count). The Morgan fingerprint density at radius 3 is 2.60 bits per heavy atom. The number of hydrogen-bond donors (Lipinski definition) is 2. The zero-order valence-corrected chi connectivity index (χ0v) is 12.5. The third kappa shape index (κ3) is 4.13. The van der Waals surface area contributed by atoms with Crippen LogP contribution in [0.5, 0.6) is 0 Å². The number of urea groups is 1. The number of carboxylic acids is 1. The quantitative estimate of drug-likeness (QED) is 0.878. The highest BCUT2D eigenvalue weighted by molar-refractivity contribution is 6.30. The first-order valence-electron chi connectivity index (χ1n) is 6.38. The molecule has 2 amide bonds. The molecule has 20 heavy (non-hydrogen) atoms. The lowest BCUT2D eigenvalue weighted by atomic mass is 10.1. The van der Waals surface area contributed by atoms with Crippen LogP contribution in [-0.4, -0.2) is 35.1 Å². The fourth-order valence-electron chi connectivity index (χ4n) is 1.76. The summed E-state index contributed by atoms with van der Waals surface area (Å²) in [6, 6.07) is 5.71. The average molecular weight is 299 g/mol. The summed E-state index contributed by atoms with van der Waals surface area (Å²) in [4.78, 5) is 24.4. The van der Waals surface area contributed by atoms with E-state index in [1.54, 1.807) is 26.1 Å². The van der Waals surface area contributed by atoms with E-state index in [9.17, 15) is 9.59 Å². The van der Waals surface area contributed by atoms with Crippen molar-refractivity contribution in [2.45, 2.75) is 32.4 Å². The molecule has 0 radical (unpaired) electrons. The van der Waals surface area contributed by atoms with Crippen molar-refractivity contribution < 1.29 is 14.7 Å². The van der Waals surface area contributed by atoms with Crippen molar-refractivity contribution >= 4 is 23.6 Å². The number of aliphatic carboxylic acids is 1. The zero-order chi connectivity index (χ0) is 15.3. The first-order valence-corrected chi connectivity index (χ1v) is 6.76. The highest BCUT2D eigenvalue weighted by Crippen LogP contribution is 2.21. The maximum absolute atomic E-state index is 12.0. The largest absolute Gasteiger partial charge is 0.480 e. The standard InChI is InChI=1S/C14H19ClN2O3/c1-4-12(13(18)19)16-14(20)17(3)9(2)10-6-5-7-11(15)8-10/h5-9,12H,4H2,1-3H3,(H,16,20)(H,18,19). The third-order valence-corrected chi connectivity index (χ3v) is 3.47. The number of rotatable bonds is 5. The van der Waals surface area contributed by atoms with Crippen LogP contribution in [-0.2, 0) is 4.79 Å². The molecule has 5 nitrogen and oxygen atoms in total. The molecule has 0 heterocycles. The van der Waals surface area contributed by atoms with Crippen molar-refractivity contribution in [3.63, 3.8) is 0 Å². The molecule has 0 aliphatic rings. The number of amides is 2. The Morgan fingerprint density at radius 1 is 1.45 bits per heavy atom. The highest BCUT2D eigenvalue weighted by Gasteiger charge is 2.23. The Bertz CT molecular complexity index is 493. The molecular formula is C14H19ClN2O3. The van der Waals surface area contributed by atoms with Gasteiger partial charge in [-0.3, -0.25) is 0 Å². The maximum Gasteiger partial charge on any atom is 0.326 e. The Kier molecular flexibility index (Phi) is 5.82. The van der Waals surface area contributed by atoms with Crippen LogP contribution in [0.1, 0.15) is 31.9 Å². The van der Waals surface area contributed by atoms with Gasteiger partial charge in [0.2, 0.25) is 0 Å². The number of hydrogen-bond acceptors (Lipinski definition) is 2. The second-order valence-electron chi connectivity index (χ2n) is 4.59. The SMILES string of the molecule is CCC(NC(=O)N(C)C(C)c1cccc(Cl)c1)C(=O)O. The van der Waals surface area contributed by atoms with Crippen molar-refractivity contribution in [3.8, 4) is 0 Å². The van der Waals surface area contributed by atoms with E-state index >= 15 is 0 Å². The van der Waals surface area contributed by atoms with Crippen molar-refractivity contribution in [2.24, 2.45) is 0 Å². The molecule has 0 fully saturated rings. The molecule has 0 aliphatic heterocycles. The number of carbonyl (C=O) groups excluding carboxylic acids is 1. The summed E-state index contributed by atoms with van der Waals surface area (Å²) in [5, 5.41) is 12.0. The second kappa shape index (κ2) is 7.14. The van der Waals surface area contributed by atoms with Crippen molar-refractivity contribution in [1.29, 1.82) is 0 Å². The number of nitrogens with one attached hydrogen (secondary N) is 1. The molecule has 110 valence electrons. The monoisotopic (exact) mass is 298 g/mol. The average Bonchev–Trinajstić information content (AvgIpc) is 2.42. The van der Waals surface area contributed by atoms with Gasteiger partial charge in [0, 0.05) is 12.1 Å². The van der Waals surface area contributed by atoms with Gasteiger partial charge in [-0.15, -0.1) is 0 Å². The lowest BCUT2D eigenvalue weighted by Gasteiger charge is -2.27. The van der Waals surface area contributed by atoms with Gasteiger partial charge < -0.3 is 15.3 Å². The van der Waals surface area contributed by atoms with Crippen molar-refractivity contribution in [1.82, 2.24) is 10.2 Å². The predicted molar refractivity (Wildman–Crippen MR) is 77.9 cm³/mol. The first-order chi connectivity index (χ1) is 9.36. The molecule has 0 aliphatic carbocycles.